The number of anilines is 1. The van der Waals surface area contributed by atoms with Gasteiger partial charge >= 0.3 is 0 Å². The molecule has 1 saturated carbocycles. The van der Waals surface area contributed by atoms with Gasteiger partial charge in [0.1, 0.15) is 0 Å². The number of piperidine rings is 1. The lowest BCUT2D eigenvalue weighted by Gasteiger charge is -2.38. The van der Waals surface area contributed by atoms with Crippen molar-refractivity contribution >= 4 is 11.6 Å². The first-order valence-electron chi connectivity index (χ1n) is 9.53. The molecule has 0 atom stereocenters. The van der Waals surface area contributed by atoms with E-state index in [-0.39, 0.29) is 11.7 Å². The summed E-state index contributed by atoms with van der Waals surface area (Å²) >= 11 is 0. The highest BCUT2D eigenvalue weighted by atomic mass is 16.7. The molecule has 25 heavy (non-hydrogen) atoms. The van der Waals surface area contributed by atoms with Crippen LogP contribution in [-0.2, 0) is 9.47 Å². The molecule has 6 heteroatoms. The maximum absolute atomic E-state index is 12.5. The van der Waals surface area contributed by atoms with Gasteiger partial charge in [0.2, 0.25) is 0 Å². The predicted octanol–water partition coefficient (Wildman–Crippen LogP) is 2.49. The molecule has 136 valence electrons. The summed E-state index contributed by atoms with van der Waals surface area (Å²) in [4.78, 5) is 19.1. The quantitative estimate of drug-likeness (QED) is 0.912. The van der Waals surface area contributed by atoms with Crippen LogP contribution < -0.4 is 10.2 Å². The van der Waals surface area contributed by atoms with E-state index in [1.165, 1.54) is 19.3 Å². The molecule has 6 nitrogen and oxygen atoms in total. The molecule has 0 aromatic carbocycles. The number of pyridine rings is 1. The Morgan fingerprint density at radius 3 is 2.56 bits per heavy atom. The lowest BCUT2D eigenvalue weighted by molar-refractivity contribution is -0.169. The molecule has 0 bridgehead atoms. The van der Waals surface area contributed by atoms with Gasteiger partial charge in [-0.15, -0.1) is 0 Å². The van der Waals surface area contributed by atoms with Gasteiger partial charge in [0, 0.05) is 38.2 Å². The Balaban J connectivity index is 1.38. The van der Waals surface area contributed by atoms with Gasteiger partial charge in [-0.25, -0.2) is 0 Å². The molecule has 3 fully saturated rings. The van der Waals surface area contributed by atoms with E-state index in [1.807, 2.05) is 12.3 Å². The van der Waals surface area contributed by atoms with Crippen LogP contribution in [0.15, 0.2) is 18.5 Å². The number of ether oxygens (including phenoxy) is 2. The van der Waals surface area contributed by atoms with Crippen molar-refractivity contribution in [3.8, 4) is 0 Å². The number of carbonyl (C=O) groups excluding carboxylic acids is 1. The zero-order valence-corrected chi connectivity index (χ0v) is 14.7. The summed E-state index contributed by atoms with van der Waals surface area (Å²) in [6.07, 6.45) is 11.1. The largest absolute Gasteiger partial charge is 0.370 e. The first-order valence-corrected chi connectivity index (χ1v) is 9.53. The number of hydrogen-bond acceptors (Lipinski definition) is 5. The summed E-state index contributed by atoms with van der Waals surface area (Å²) in [6.45, 7) is 3.10. The van der Waals surface area contributed by atoms with E-state index in [9.17, 15) is 4.79 Å². The fraction of sp³-hybridized carbons (Fsp3) is 0.684. The van der Waals surface area contributed by atoms with Crippen molar-refractivity contribution in [2.45, 2.75) is 56.8 Å². The summed E-state index contributed by atoms with van der Waals surface area (Å²) in [5.74, 6) is -0.378. The highest BCUT2D eigenvalue weighted by Crippen LogP contribution is 2.33. The van der Waals surface area contributed by atoms with Crippen molar-refractivity contribution < 1.29 is 14.3 Å². The molecule has 1 aromatic heterocycles. The molecular formula is C19H27N3O3. The van der Waals surface area contributed by atoms with E-state index in [1.54, 1.807) is 6.20 Å². The van der Waals surface area contributed by atoms with Crippen molar-refractivity contribution in [1.29, 1.82) is 0 Å². The Morgan fingerprint density at radius 1 is 1.12 bits per heavy atom. The molecule has 1 spiro atoms. The number of aromatic nitrogens is 1. The number of nitrogens with one attached hydrogen (secondary N) is 1. The molecule has 1 aliphatic carbocycles. The van der Waals surface area contributed by atoms with Gasteiger partial charge in [0.25, 0.3) is 5.91 Å². The number of carbonyl (C=O) groups is 1. The zero-order valence-electron chi connectivity index (χ0n) is 14.7. The first-order chi connectivity index (χ1) is 12.2. The van der Waals surface area contributed by atoms with Crippen LogP contribution in [0.3, 0.4) is 0 Å². The number of amides is 1. The highest BCUT2D eigenvalue weighted by Gasteiger charge is 2.39. The van der Waals surface area contributed by atoms with Gasteiger partial charge in [-0.3, -0.25) is 9.78 Å². The van der Waals surface area contributed by atoms with Gasteiger partial charge in [-0.1, -0.05) is 19.3 Å². The van der Waals surface area contributed by atoms with E-state index < -0.39 is 0 Å². The molecular weight excluding hydrogens is 318 g/mol. The fourth-order valence-electron chi connectivity index (χ4n) is 4.13. The summed E-state index contributed by atoms with van der Waals surface area (Å²) in [5, 5.41) is 3.17. The smallest absolute Gasteiger partial charge is 0.253 e. The van der Waals surface area contributed by atoms with Crippen molar-refractivity contribution in [1.82, 2.24) is 10.3 Å². The predicted molar refractivity (Wildman–Crippen MR) is 94.7 cm³/mol. The third-order valence-corrected chi connectivity index (χ3v) is 5.63. The van der Waals surface area contributed by atoms with E-state index in [4.69, 9.17) is 9.47 Å². The number of hydrogen-bond donors (Lipinski definition) is 1. The fourth-order valence-corrected chi connectivity index (χ4v) is 4.13. The Hall–Kier alpha value is -1.66. The molecule has 0 radical (unpaired) electrons. The van der Waals surface area contributed by atoms with E-state index >= 15 is 0 Å². The monoisotopic (exact) mass is 345 g/mol. The zero-order chi connectivity index (χ0) is 17.1. The third kappa shape index (κ3) is 3.80. The van der Waals surface area contributed by atoms with Gasteiger partial charge in [-0.2, -0.15) is 0 Å². The van der Waals surface area contributed by atoms with Crippen LogP contribution in [0.4, 0.5) is 5.69 Å². The minimum atomic E-state index is -0.375. The summed E-state index contributed by atoms with van der Waals surface area (Å²) < 4.78 is 11.6. The molecule has 3 aliphatic rings. The number of rotatable bonds is 3. The molecule has 1 amide bonds. The molecule has 2 saturated heterocycles. The maximum Gasteiger partial charge on any atom is 0.253 e. The molecule has 0 unspecified atom stereocenters. The number of nitrogens with zero attached hydrogens (tertiary/aromatic N) is 2. The summed E-state index contributed by atoms with van der Waals surface area (Å²) in [5.41, 5.74) is 1.65. The second-order valence-electron chi connectivity index (χ2n) is 7.33. The third-order valence-electron chi connectivity index (χ3n) is 5.63. The van der Waals surface area contributed by atoms with Crippen molar-refractivity contribution in [2.24, 2.45) is 0 Å². The maximum atomic E-state index is 12.5. The van der Waals surface area contributed by atoms with Gasteiger partial charge in [0.15, 0.2) is 5.79 Å². The Morgan fingerprint density at radius 2 is 1.84 bits per heavy atom. The first kappa shape index (κ1) is 16.8. The van der Waals surface area contributed by atoms with Crippen molar-refractivity contribution in [3.63, 3.8) is 0 Å². The van der Waals surface area contributed by atoms with E-state index in [2.05, 4.69) is 15.2 Å². The van der Waals surface area contributed by atoms with Crippen molar-refractivity contribution in [3.05, 3.63) is 24.0 Å². The Kier molecular flexibility index (Phi) is 4.90. The lowest BCUT2D eigenvalue weighted by atomic mass is 9.95. The molecule has 1 N–H and O–H groups in total. The minimum absolute atomic E-state index is 0.00260. The second kappa shape index (κ2) is 7.30. The molecule has 2 aliphatic heterocycles. The average Bonchev–Trinajstić information content (AvgIpc) is 3.11. The van der Waals surface area contributed by atoms with Crippen LogP contribution >= 0.6 is 0 Å². The molecule has 4 rings (SSSR count). The van der Waals surface area contributed by atoms with Crippen LogP contribution in [0.25, 0.3) is 0 Å². The standard InChI is InChI=1S/C19H27N3O3/c23-18(21-16-4-2-1-3-5-16)15-12-17(14-20-13-15)22-8-6-19(7-9-22)24-10-11-25-19/h12-14,16H,1-11H2,(H,21,23). The Labute approximate surface area is 148 Å². The summed E-state index contributed by atoms with van der Waals surface area (Å²) in [6, 6.07) is 2.27. The highest BCUT2D eigenvalue weighted by molar-refractivity contribution is 5.94. The SMILES string of the molecule is O=C(NC1CCCCC1)c1cncc(N2CCC3(CC2)OCCO3)c1. The van der Waals surface area contributed by atoms with Gasteiger partial charge < -0.3 is 19.7 Å². The Bertz CT molecular complexity index is 600. The average molecular weight is 345 g/mol. The van der Waals surface area contributed by atoms with Crippen LogP contribution in [0.1, 0.15) is 55.3 Å². The van der Waals surface area contributed by atoms with Gasteiger partial charge in [0.05, 0.1) is 30.7 Å². The van der Waals surface area contributed by atoms with Crippen LogP contribution in [-0.4, -0.2) is 49.0 Å². The van der Waals surface area contributed by atoms with Crippen LogP contribution in [0.5, 0.6) is 0 Å². The van der Waals surface area contributed by atoms with Crippen LogP contribution in [0.2, 0.25) is 0 Å². The van der Waals surface area contributed by atoms with E-state index in [0.29, 0.717) is 24.8 Å². The van der Waals surface area contributed by atoms with Crippen LogP contribution in [0, 0.1) is 0 Å². The van der Waals surface area contributed by atoms with Gasteiger partial charge in [-0.05, 0) is 18.9 Å². The normalized spacial score (nSPS) is 23.8. The van der Waals surface area contributed by atoms with E-state index in [0.717, 1.165) is 44.5 Å². The summed E-state index contributed by atoms with van der Waals surface area (Å²) in [7, 11) is 0. The minimum Gasteiger partial charge on any atom is -0.370 e. The molecule has 1 aromatic rings. The molecule has 3 heterocycles. The van der Waals surface area contributed by atoms with Crippen molar-refractivity contribution in [2.75, 3.05) is 31.2 Å². The lowest BCUT2D eigenvalue weighted by Crippen LogP contribution is -2.45. The second-order valence-corrected chi connectivity index (χ2v) is 7.33. The topological polar surface area (TPSA) is 63.7 Å².